The van der Waals surface area contributed by atoms with Gasteiger partial charge in [0, 0.05) is 25.5 Å². The van der Waals surface area contributed by atoms with Crippen molar-refractivity contribution in [2.45, 2.75) is 45.9 Å². The van der Waals surface area contributed by atoms with Gasteiger partial charge in [0.2, 0.25) is 11.8 Å². The van der Waals surface area contributed by atoms with Crippen molar-refractivity contribution < 1.29 is 13.9 Å². The van der Waals surface area contributed by atoms with Crippen molar-refractivity contribution >= 4 is 5.91 Å². The van der Waals surface area contributed by atoms with Crippen molar-refractivity contribution in [3.8, 4) is 0 Å². The molecule has 1 fully saturated rings. The van der Waals surface area contributed by atoms with E-state index in [-0.39, 0.29) is 24.5 Å². The molecule has 0 radical (unpaired) electrons. The summed E-state index contributed by atoms with van der Waals surface area (Å²) in [6.45, 7) is 5.63. The minimum absolute atomic E-state index is 0.0452. The first-order valence-corrected chi connectivity index (χ1v) is 8.00. The molecule has 1 saturated heterocycles. The van der Waals surface area contributed by atoms with Crippen molar-refractivity contribution in [2.24, 2.45) is 5.92 Å². The van der Waals surface area contributed by atoms with Gasteiger partial charge in [-0.1, -0.05) is 0 Å². The van der Waals surface area contributed by atoms with Gasteiger partial charge in [-0.3, -0.25) is 4.79 Å². The highest BCUT2D eigenvalue weighted by molar-refractivity contribution is 5.79. The lowest BCUT2D eigenvalue weighted by atomic mass is 9.92. The molecule has 1 amide bonds. The summed E-state index contributed by atoms with van der Waals surface area (Å²) < 4.78 is 13.3. The van der Waals surface area contributed by atoms with Gasteiger partial charge in [0.1, 0.15) is 17.7 Å². The average molecular weight is 318 g/mol. The van der Waals surface area contributed by atoms with Gasteiger partial charge in [0.25, 0.3) is 0 Å². The number of oxazole rings is 1. The van der Waals surface area contributed by atoms with Crippen molar-refractivity contribution in [3.63, 3.8) is 0 Å². The quantitative estimate of drug-likeness (QED) is 0.911. The molecule has 0 aliphatic carbocycles. The molecule has 2 atom stereocenters. The number of aryl methyl sites for hydroxylation is 2. The van der Waals surface area contributed by atoms with Crippen LogP contribution >= 0.6 is 0 Å². The van der Waals surface area contributed by atoms with Gasteiger partial charge in [-0.05, 0) is 26.7 Å². The highest BCUT2D eigenvalue weighted by Crippen LogP contribution is 2.33. The van der Waals surface area contributed by atoms with Gasteiger partial charge in [0.15, 0.2) is 0 Å². The summed E-state index contributed by atoms with van der Waals surface area (Å²) in [6, 6.07) is 0. The lowest BCUT2D eigenvalue weighted by Crippen LogP contribution is -2.38. The standard InChI is InChI=1S/C16H22N4O3/c1-3-20-7-6-17-15(20)14-12(5-4-8-22-14)16(21)19-10-13-18-9-11(2)23-13/h6-7,9,12,14H,3-5,8,10H2,1-2H3,(H,19,21)/t12-,14-/m1/s1. The number of ether oxygens (including phenoxy) is 1. The predicted molar refractivity (Wildman–Crippen MR) is 82.4 cm³/mol. The summed E-state index contributed by atoms with van der Waals surface area (Å²) in [7, 11) is 0. The van der Waals surface area contributed by atoms with Gasteiger partial charge in [0.05, 0.1) is 18.7 Å². The van der Waals surface area contributed by atoms with Crippen LogP contribution in [0.1, 0.15) is 43.3 Å². The molecule has 1 aliphatic heterocycles. The van der Waals surface area contributed by atoms with Gasteiger partial charge in [-0.2, -0.15) is 0 Å². The van der Waals surface area contributed by atoms with E-state index in [1.54, 1.807) is 12.4 Å². The molecule has 2 aromatic heterocycles. The zero-order valence-electron chi connectivity index (χ0n) is 13.5. The normalized spacial score (nSPS) is 21.3. The fourth-order valence-electron chi connectivity index (χ4n) is 2.93. The number of carbonyl (C=O) groups excluding carboxylic acids is 1. The number of hydrogen-bond donors (Lipinski definition) is 1. The van der Waals surface area contributed by atoms with E-state index in [2.05, 4.69) is 15.3 Å². The van der Waals surface area contributed by atoms with E-state index in [4.69, 9.17) is 9.15 Å². The van der Waals surface area contributed by atoms with Gasteiger partial charge in [-0.15, -0.1) is 0 Å². The van der Waals surface area contributed by atoms with E-state index >= 15 is 0 Å². The molecule has 0 saturated carbocycles. The number of nitrogens with zero attached hydrogens (tertiary/aromatic N) is 3. The molecule has 0 aromatic carbocycles. The Kier molecular flexibility index (Phi) is 4.76. The minimum atomic E-state index is -0.301. The molecule has 7 heteroatoms. The maximum absolute atomic E-state index is 12.6. The Balaban J connectivity index is 1.69. The number of imidazole rings is 1. The number of aromatic nitrogens is 3. The minimum Gasteiger partial charge on any atom is -0.444 e. The van der Waals surface area contributed by atoms with Crippen LogP contribution in [-0.2, 0) is 22.6 Å². The highest BCUT2D eigenvalue weighted by Gasteiger charge is 2.35. The van der Waals surface area contributed by atoms with Gasteiger partial charge in [-0.25, -0.2) is 9.97 Å². The number of rotatable bonds is 5. The summed E-state index contributed by atoms with van der Waals surface area (Å²) in [5.74, 6) is 1.78. The molecular weight excluding hydrogens is 296 g/mol. The van der Waals surface area contributed by atoms with Crippen LogP contribution in [-0.4, -0.2) is 27.0 Å². The topological polar surface area (TPSA) is 82.2 Å². The molecule has 1 aliphatic rings. The molecule has 0 spiro atoms. The Morgan fingerprint density at radius 1 is 1.48 bits per heavy atom. The molecule has 7 nitrogen and oxygen atoms in total. The monoisotopic (exact) mass is 318 g/mol. The molecule has 0 unspecified atom stereocenters. The highest BCUT2D eigenvalue weighted by atomic mass is 16.5. The summed E-state index contributed by atoms with van der Waals surface area (Å²) in [5.41, 5.74) is 0. The van der Waals surface area contributed by atoms with Crippen molar-refractivity contribution in [2.75, 3.05) is 6.61 Å². The van der Waals surface area contributed by atoms with Crippen LogP contribution in [0.4, 0.5) is 0 Å². The fourth-order valence-corrected chi connectivity index (χ4v) is 2.93. The second-order valence-electron chi connectivity index (χ2n) is 5.69. The first-order chi connectivity index (χ1) is 11.2. The maximum atomic E-state index is 12.6. The SMILES string of the molecule is CCn1ccnc1[C@@H]1OCCC[C@H]1C(=O)NCc1ncc(C)o1. The molecule has 2 aromatic rings. The second kappa shape index (κ2) is 6.95. The van der Waals surface area contributed by atoms with Crippen molar-refractivity contribution in [1.82, 2.24) is 19.9 Å². The molecule has 1 N–H and O–H groups in total. The van der Waals surface area contributed by atoms with Gasteiger partial charge >= 0.3 is 0 Å². The van der Waals surface area contributed by atoms with Crippen LogP contribution < -0.4 is 5.32 Å². The zero-order chi connectivity index (χ0) is 16.2. The summed E-state index contributed by atoms with van der Waals surface area (Å²) >= 11 is 0. The van der Waals surface area contributed by atoms with E-state index in [1.807, 2.05) is 24.6 Å². The van der Waals surface area contributed by atoms with Gasteiger partial charge < -0.3 is 19.0 Å². The molecule has 3 rings (SSSR count). The van der Waals surface area contributed by atoms with Crippen LogP contribution in [0.25, 0.3) is 0 Å². The number of nitrogens with one attached hydrogen (secondary N) is 1. The number of carbonyl (C=O) groups is 1. The lowest BCUT2D eigenvalue weighted by molar-refractivity contribution is -0.135. The second-order valence-corrected chi connectivity index (χ2v) is 5.69. The predicted octanol–water partition coefficient (Wildman–Crippen LogP) is 1.98. The summed E-state index contributed by atoms with van der Waals surface area (Å²) in [5, 5.41) is 2.90. The van der Waals surface area contributed by atoms with Crippen LogP contribution in [0.3, 0.4) is 0 Å². The summed E-state index contributed by atoms with van der Waals surface area (Å²) in [6.07, 6.45) is 6.67. The van der Waals surface area contributed by atoms with Crippen molar-refractivity contribution in [3.05, 3.63) is 36.1 Å². The molecule has 3 heterocycles. The van der Waals surface area contributed by atoms with E-state index in [1.165, 1.54) is 0 Å². The number of hydrogen-bond acceptors (Lipinski definition) is 5. The molecule has 124 valence electrons. The number of amides is 1. The Morgan fingerprint density at radius 3 is 3.09 bits per heavy atom. The largest absolute Gasteiger partial charge is 0.444 e. The Labute approximate surface area is 135 Å². The fraction of sp³-hybridized carbons (Fsp3) is 0.562. The zero-order valence-corrected chi connectivity index (χ0v) is 13.5. The first-order valence-electron chi connectivity index (χ1n) is 8.00. The van der Waals surface area contributed by atoms with Crippen LogP contribution in [0.5, 0.6) is 0 Å². The third-order valence-corrected chi connectivity index (χ3v) is 4.08. The Hall–Kier alpha value is -2.15. The molecule has 23 heavy (non-hydrogen) atoms. The smallest absolute Gasteiger partial charge is 0.226 e. The van der Waals surface area contributed by atoms with Crippen molar-refractivity contribution in [1.29, 1.82) is 0 Å². The Bertz CT molecular complexity index is 664. The van der Waals surface area contributed by atoms with Crippen LogP contribution in [0.15, 0.2) is 23.0 Å². The lowest BCUT2D eigenvalue weighted by Gasteiger charge is -2.30. The Morgan fingerprint density at radius 2 is 2.35 bits per heavy atom. The van der Waals surface area contributed by atoms with Crippen LogP contribution in [0, 0.1) is 12.8 Å². The summed E-state index contributed by atoms with van der Waals surface area (Å²) in [4.78, 5) is 21.1. The third-order valence-electron chi connectivity index (χ3n) is 4.08. The molecular formula is C16H22N4O3. The third kappa shape index (κ3) is 3.44. The maximum Gasteiger partial charge on any atom is 0.226 e. The van der Waals surface area contributed by atoms with E-state index < -0.39 is 0 Å². The van der Waals surface area contributed by atoms with Crippen LogP contribution in [0.2, 0.25) is 0 Å². The van der Waals surface area contributed by atoms with E-state index in [0.29, 0.717) is 12.5 Å². The molecule has 0 bridgehead atoms. The first kappa shape index (κ1) is 15.7. The average Bonchev–Trinajstić information content (AvgIpc) is 3.21. The van der Waals surface area contributed by atoms with E-state index in [9.17, 15) is 4.79 Å². The van der Waals surface area contributed by atoms with E-state index in [0.717, 1.165) is 31.0 Å².